The summed E-state index contributed by atoms with van der Waals surface area (Å²) in [5.41, 5.74) is 3.81. The molecule has 2 nitrogen and oxygen atoms in total. The number of nitrogens with zero attached hydrogens (tertiary/aromatic N) is 1. The molecular formula is C19H22ClNO. The van der Waals surface area contributed by atoms with Crippen LogP contribution < -0.4 is 9.64 Å². The van der Waals surface area contributed by atoms with Crippen LogP contribution in [0, 0.1) is 0 Å². The maximum absolute atomic E-state index is 5.74. The summed E-state index contributed by atoms with van der Waals surface area (Å²) in [6, 6.07) is 17.1. The van der Waals surface area contributed by atoms with Gasteiger partial charge in [0.1, 0.15) is 12.4 Å². The monoisotopic (exact) mass is 315 g/mol. The van der Waals surface area contributed by atoms with E-state index >= 15 is 0 Å². The third kappa shape index (κ3) is 3.63. The second kappa shape index (κ2) is 7.37. The van der Waals surface area contributed by atoms with E-state index in [1.807, 2.05) is 12.1 Å². The normalized spacial score (nSPS) is 13.1. The van der Waals surface area contributed by atoms with Gasteiger partial charge in [-0.15, -0.1) is 12.4 Å². The summed E-state index contributed by atoms with van der Waals surface area (Å²) in [6.45, 7) is 5.93. The van der Waals surface area contributed by atoms with E-state index < -0.39 is 0 Å². The van der Waals surface area contributed by atoms with Crippen molar-refractivity contribution < 1.29 is 4.74 Å². The van der Waals surface area contributed by atoms with E-state index in [1.165, 1.54) is 11.1 Å². The largest absolute Gasteiger partial charge is 0.487 e. The first-order valence-electron chi connectivity index (χ1n) is 7.48. The molecule has 0 aliphatic carbocycles. The molecule has 0 bridgehead atoms. The van der Waals surface area contributed by atoms with Crippen molar-refractivity contribution in [3.63, 3.8) is 0 Å². The highest BCUT2D eigenvalue weighted by atomic mass is 35.5. The summed E-state index contributed by atoms with van der Waals surface area (Å²) >= 11 is 0. The van der Waals surface area contributed by atoms with Crippen LogP contribution in [-0.4, -0.2) is 6.61 Å². The molecule has 2 aromatic rings. The van der Waals surface area contributed by atoms with E-state index in [9.17, 15) is 0 Å². The average molecular weight is 316 g/mol. The lowest BCUT2D eigenvalue weighted by Gasteiger charge is -2.21. The van der Waals surface area contributed by atoms with Gasteiger partial charge in [-0.3, -0.25) is 0 Å². The van der Waals surface area contributed by atoms with Gasteiger partial charge in [0, 0.05) is 12.7 Å². The molecule has 2 aromatic carbocycles. The predicted molar refractivity (Wildman–Crippen MR) is 95.0 cm³/mol. The second-order valence-corrected chi connectivity index (χ2v) is 5.69. The fraction of sp³-hybridized carbons (Fsp3) is 0.263. The van der Waals surface area contributed by atoms with Crippen LogP contribution in [0.2, 0.25) is 0 Å². The molecule has 0 saturated heterocycles. The molecule has 3 heteroatoms. The van der Waals surface area contributed by atoms with Crippen LogP contribution >= 0.6 is 12.4 Å². The highest BCUT2D eigenvalue weighted by molar-refractivity contribution is 5.85. The van der Waals surface area contributed by atoms with Gasteiger partial charge in [-0.2, -0.15) is 0 Å². The Bertz CT molecular complexity index is 634. The molecule has 0 atom stereocenters. The number of rotatable bonds is 3. The molecule has 3 rings (SSSR count). The Balaban J connectivity index is 0.00000176. The van der Waals surface area contributed by atoms with E-state index in [0.29, 0.717) is 12.5 Å². The summed E-state index contributed by atoms with van der Waals surface area (Å²) in [6.07, 6.45) is 4.17. The van der Waals surface area contributed by atoms with E-state index in [4.69, 9.17) is 4.74 Å². The highest BCUT2D eigenvalue weighted by Crippen LogP contribution is 2.31. The van der Waals surface area contributed by atoms with Crippen molar-refractivity contribution in [1.82, 2.24) is 0 Å². The smallest absolute Gasteiger partial charge is 0.143 e. The molecule has 0 saturated carbocycles. The predicted octanol–water partition coefficient (Wildman–Crippen LogP) is 5.14. The van der Waals surface area contributed by atoms with E-state index in [1.54, 1.807) is 0 Å². The SMILES string of the molecule is CC(C)c1ccc(CN2C=CCOc3ccccc32)cc1.Cl. The lowest BCUT2D eigenvalue weighted by Crippen LogP contribution is -2.15. The number of fused-ring (bicyclic) bond motifs is 1. The minimum atomic E-state index is 0. The lowest BCUT2D eigenvalue weighted by molar-refractivity contribution is 0.366. The van der Waals surface area contributed by atoms with E-state index in [0.717, 1.165) is 18.0 Å². The molecular weight excluding hydrogens is 294 g/mol. The highest BCUT2D eigenvalue weighted by Gasteiger charge is 2.12. The Morgan fingerprint density at radius 1 is 1.05 bits per heavy atom. The first kappa shape index (κ1) is 16.4. The molecule has 0 aromatic heterocycles. The Morgan fingerprint density at radius 2 is 1.77 bits per heavy atom. The molecule has 0 radical (unpaired) electrons. The summed E-state index contributed by atoms with van der Waals surface area (Å²) in [5.74, 6) is 1.52. The zero-order valence-corrected chi connectivity index (χ0v) is 13.8. The topological polar surface area (TPSA) is 12.5 Å². The zero-order valence-electron chi connectivity index (χ0n) is 13.0. The molecule has 116 valence electrons. The minimum absolute atomic E-state index is 0. The molecule has 1 heterocycles. The van der Waals surface area contributed by atoms with E-state index in [2.05, 4.69) is 67.4 Å². The summed E-state index contributed by atoms with van der Waals surface area (Å²) in [5, 5.41) is 0. The van der Waals surface area contributed by atoms with Gasteiger partial charge in [0.25, 0.3) is 0 Å². The number of halogens is 1. The quantitative estimate of drug-likeness (QED) is 0.777. The summed E-state index contributed by atoms with van der Waals surface area (Å²) in [7, 11) is 0. The third-order valence-electron chi connectivity index (χ3n) is 3.79. The second-order valence-electron chi connectivity index (χ2n) is 5.69. The van der Waals surface area contributed by atoms with Crippen molar-refractivity contribution in [1.29, 1.82) is 0 Å². The van der Waals surface area contributed by atoms with Gasteiger partial charge in [0.05, 0.1) is 5.69 Å². The Hall–Kier alpha value is -1.93. The van der Waals surface area contributed by atoms with Crippen LogP contribution in [0.15, 0.2) is 60.8 Å². The molecule has 1 aliphatic heterocycles. The number of ether oxygens (including phenoxy) is 1. The Labute approximate surface area is 138 Å². The fourth-order valence-corrected chi connectivity index (χ4v) is 2.55. The standard InChI is InChI=1S/C19H21NO.ClH/c1-15(2)17-10-8-16(9-11-17)14-20-12-5-13-21-19-7-4-3-6-18(19)20;/h3-12,15H,13-14H2,1-2H3;1H. The molecule has 0 spiro atoms. The van der Waals surface area contributed by atoms with Gasteiger partial charge in [0.2, 0.25) is 0 Å². The van der Waals surface area contributed by atoms with Crippen molar-refractivity contribution >= 4 is 18.1 Å². The van der Waals surface area contributed by atoms with Crippen LogP contribution in [0.25, 0.3) is 0 Å². The van der Waals surface area contributed by atoms with Gasteiger partial charge in [-0.25, -0.2) is 0 Å². The zero-order chi connectivity index (χ0) is 14.7. The third-order valence-corrected chi connectivity index (χ3v) is 3.79. The van der Waals surface area contributed by atoms with Crippen LogP contribution in [0.3, 0.4) is 0 Å². The fourth-order valence-electron chi connectivity index (χ4n) is 2.55. The number of para-hydroxylation sites is 2. The molecule has 0 N–H and O–H groups in total. The van der Waals surface area contributed by atoms with Crippen molar-refractivity contribution in [3.8, 4) is 5.75 Å². The van der Waals surface area contributed by atoms with Gasteiger partial charge < -0.3 is 9.64 Å². The maximum atomic E-state index is 5.74. The van der Waals surface area contributed by atoms with Crippen molar-refractivity contribution in [2.45, 2.75) is 26.3 Å². The van der Waals surface area contributed by atoms with Crippen molar-refractivity contribution in [2.75, 3.05) is 11.5 Å². The van der Waals surface area contributed by atoms with Gasteiger partial charge in [-0.1, -0.05) is 50.2 Å². The average Bonchev–Trinajstić information content (AvgIpc) is 2.71. The Kier molecular flexibility index (Phi) is 5.51. The first-order chi connectivity index (χ1) is 10.2. The number of hydrogen-bond donors (Lipinski definition) is 0. The number of anilines is 1. The molecule has 0 unspecified atom stereocenters. The summed E-state index contributed by atoms with van der Waals surface area (Å²) < 4.78 is 5.74. The Morgan fingerprint density at radius 3 is 2.50 bits per heavy atom. The number of benzene rings is 2. The van der Waals surface area contributed by atoms with Crippen LogP contribution in [0.5, 0.6) is 5.75 Å². The van der Waals surface area contributed by atoms with Crippen LogP contribution in [0.1, 0.15) is 30.9 Å². The maximum Gasteiger partial charge on any atom is 0.143 e. The molecule has 22 heavy (non-hydrogen) atoms. The van der Waals surface area contributed by atoms with Crippen LogP contribution in [0.4, 0.5) is 5.69 Å². The van der Waals surface area contributed by atoms with Crippen molar-refractivity contribution in [3.05, 3.63) is 71.9 Å². The lowest BCUT2D eigenvalue weighted by atomic mass is 10.0. The summed E-state index contributed by atoms with van der Waals surface area (Å²) in [4.78, 5) is 2.24. The minimum Gasteiger partial charge on any atom is -0.487 e. The van der Waals surface area contributed by atoms with Gasteiger partial charge in [-0.05, 0) is 35.3 Å². The number of hydrogen-bond acceptors (Lipinski definition) is 2. The molecule has 1 aliphatic rings. The molecule has 0 fully saturated rings. The van der Waals surface area contributed by atoms with Gasteiger partial charge >= 0.3 is 0 Å². The van der Waals surface area contributed by atoms with Crippen molar-refractivity contribution in [2.24, 2.45) is 0 Å². The first-order valence-corrected chi connectivity index (χ1v) is 7.48. The van der Waals surface area contributed by atoms with Gasteiger partial charge in [0.15, 0.2) is 0 Å². The van der Waals surface area contributed by atoms with Crippen LogP contribution in [-0.2, 0) is 6.54 Å². The van der Waals surface area contributed by atoms with E-state index in [-0.39, 0.29) is 12.4 Å². The molecule has 0 amide bonds.